The van der Waals surface area contributed by atoms with Gasteiger partial charge in [-0.3, -0.25) is 4.79 Å². The van der Waals surface area contributed by atoms with Crippen molar-refractivity contribution in [3.8, 4) is 5.75 Å². The summed E-state index contributed by atoms with van der Waals surface area (Å²) in [5.41, 5.74) is 1.58. The topological polar surface area (TPSA) is 64.6 Å². The fraction of sp³-hybridized carbons (Fsp3) is 0.333. The molecule has 0 radical (unpaired) electrons. The number of hydrogen-bond acceptors (Lipinski definition) is 4. The van der Waals surface area contributed by atoms with Crippen LogP contribution in [0, 0.1) is 0 Å². The second kappa shape index (κ2) is 9.61. The van der Waals surface area contributed by atoms with Crippen molar-refractivity contribution >= 4 is 17.6 Å². The summed E-state index contributed by atoms with van der Waals surface area (Å²) in [6.07, 6.45) is 1.76. The molecule has 0 heterocycles. The van der Waals surface area contributed by atoms with Crippen molar-refractivity contribution < 1.29 is 19.1 Å². The van der Waals surface area contributed by atoms with Gasteiger partial charge in [-0.05, 0) is 62.2 Å². The van der Waals surface area contributed by atoms with Crippen LogP contribution >= 0.6 is 0 Å². The van der Waals surface area contributed by atoms with Gasteiger partial charge in [0.25, 0.3) is 5.91 Å². The van der Waals surface area contributed by atoms with Crippen LogP contribution in [0.15, 0.2) is 48.5 Å². The lowest BCUT2D eigenvalue weighted by Gasteiger charge is -2.13. The lowest BCUT2D eigenvalue weighted by Crippen LogP contribution is -2.14. The second-order valence-electron chi connectivity index (χ2n) is 6.03. The number of anilines is 1. The number of ether oxygens (including phenoxy) is 2. The molecule has 1 N–H and O–H groups in total. The van der Waals surface area contributed by atoms with Crippen molar-refractivity contribution in [1.29, 1.82) is 0 Å². The third-order valence-electron chi connectivity index (χ3n) is 3.82. The van der Waals surface area contributed by atoms with Crippen molar-refractivity contribution in [3.05, 3.63) is 59.7 Å². The first-order valence-electron chi connectivity index (χ1n) is 8.88. The van der Waals surface area contributed by atoms with Crippen LogP contribution in [-0.2, 0) is 4.74 Å². The highest BCUT2D eigenvalue weighted by Crippen LogP contribution is 2.18. The van der Waals surface area contributed by atoms with Crippen LogP contribution in [0.5, 0.6) is 5.75 Å². The summed E-state index contributed by atoms with van der Waals surface area (Å²) < 4.78 is 10.8. The van der Waals surface area contributed by atoms with Gasteiger partial charge < -0.3 is 14.8 Å². The number of esters is 1. The first-order valence-corrected chi connectivity index (χ1v) is 8.88. The fourth-order valence-electron chi connectivity index (χ4n) is 2.20. The Labute approximate surface area is 154 Å². The summed E-state index contributed by atoms with van der Waals surface area (Å²) in [5, 5.41) is 2.82. The van der Waals surface area contributed by atoms with E-state index in [1.807, 2.05) is 26.8 Å². The lowest BCUT2D eigenvalue weighted by molar-refractivity contribution is 0.0505. The molecular weight excluding hydrogens is 330 g/mol. The van der Waals surface area contributed by atoms with Crippen molar-refractivity contribution in [2.45, 2.75) is 39.7 Å². The molecule has 2 aromatic carbocycles. The predicted octanol–water partition coefficient (Wildman–Crippen LogP) is 4.68. The van der Waals surface area contributed by atoms with Crippen LogP contribution in [0.2, 0.25) is 0 Å². The molecule has 0 fully saturated rings. The number of nitrogens with one attached hydrogen (secondary N) is 1. The highest BCUT2D eigenvalue weighted by molar-refractivity contribution is 6.04. The zero-order valence-corrected chi connectivity index (χ0v) is 15.5. The molecule has 0 aliphatic heterocycles. The van der Waals surface area contributed by atoms with Crippen molar-refractivity contribution in [3.63, 3.8) is 0 Å². The van der Waals surface area contributed by atoms with Crippen LogP contribution in [0.25, 0.3) is 0 Å². The zero-order chi connectivity index (χ0) is 18.9. The standard InChI is InChI=1S/C21H25NO4/c1-4-13-25-21(24)16-9-11-18(12-10-16)22-20(23)17-7-6-8-19(14-17)26-15(3)5-2/h6-12,14-15H,4-5,13H2,1-3H3,(H,22,23). The van der Waals surface area contributed by atoms with E-state index >= 15 is 0 Å². The second-order valence-corrected chi connectivity index (χ2v) is 6.03. The summed E-state index contributed by atoms with van der Waals surface area (Å²) in [4.78, 5) is 24.2. The average molecular weight is 355 g/mol. The van der Waals surface area contributed by atoms with Gasteiger partial charge in [0.15, 0.2) is 0 Å². The molecule has 1 atom stereocenters. The Morgan fingerprint density at radius 1 is 1.04 bits per heavy atom. The largest absolute Gasteiger partial charge is 0.491 e. The van der Waals surface area contributed by atoms with Gasteiger partial charge in [-0.2, -0.15) is 0 Å². The van der Waals surface area contributed by atoms with Gasteiger partial charge in [0.05, 0.1) is 18.3 Å². The van der Waals surface area contributed by atoms with Crippen LogP contribution < -0.4 is 10.1 Å². The monoisotopic (exact) mass is 355 g/mol. The SMILES string of the molecule is CCCOC(=O)c1ccc(NC(=O)c2cccc(OC(C)CC)c2)cc1. The molecule has 0 spiro atoms. The highest BCUT2D eigenvalue weighted by Gasteiger charge is 2.10. The third-order valence-corrected chi connectivity index (χ3v) is 3.82. The van der Waals surface area contributed by atoms with Gasteiger partial charge in [-0.1, -0.05) is 19.9 Å². The number of carbonyl (C=O) groups is 2. The maximum absolute atomic E-state index is 12.4. The first kappa shape index (κ1) is 19.5. The van der Waals surface area contributed by atoms with Crippen LogP contribution in [0.4, 0.5) is 5.69 Å². The number of hydrogen-bond donors (Lipinski definition) is 1. The van der Waals surface area contributed by atoms with Gasteiger partial charge in [-0.25, -0.2) is 4.79 Å². The summed E-state index contributed by atoms with van der Waals surface area (Å²) >= 11 is 0. The maximum Gasteiger partial charge on any atom is 0.338 e. The van der Waals surface area contributed by atoms with Crippen molar-refractivity contribution in [2.75, 3.05) is 11.9 Å². The Balaban J connectivity index is 2.01. The molecule has 1 amide bonds. The number of amides is 1. The third kappa shape index (κ3) is 5.62. The minimum Gasteiger partial charge on any atom is -0.491 e. The molecule has 2 aromatic rings. The molecule has 0 bridgehead atoms. The highest BCUT2D eigenvalue weighted by atomic mass is 16.5. The van der Waals surface area contributed by atoms with Crippen LogP contribution in [0.1, 0.15) is 54.3 Å². The summed E-state index contributed by atoms with van der Waals surface area (Å²) in [6, 6.07) is 13.7. The fourth-order valence-corrected chi connectivity index (χ4v) is 2.20. The van der Waals surface area contributed by atoms with Gasteiger partial charge in [0, 0.05) is 11.3 Å². The molecule has 5 nitrogen and oxygen atoms in total. The first-order chi connectivity index (χ1) is 12.5. The normalized spacial score (nSPS) is 11.5. The molecule has 138 valence electrons. The van der Waals surface area contributed by atoms with Crippen molar-refractivity contribution in [1.82, 2.24) is 0 Å². The summed E-state index contributed by atoms with van der Waals surface area (Å²) in [6.45, 7) is 6.37. The molecule has 0 aromatic heterocycles. The van der Waals surface area contributed by atoms with E-state index in [4.69, 9.17) is 9.47 Å². The molecule has 2 rings (SSSR count). The van der Waals surface area contributed by atoms with Gasteiger partial charge >= 0.3 is 5.97 Å². The minimum atomic E-state index is -0.361. The maximum atomic E-state index is 12.4. The van der Waals surface area contributed by atoms with Gasteiger partial charge in [0.2, 0.25) is 0 Å². The lowest BCUT2D eigenvalue weighted by atomic mass is 10.1. The number of rotatable bonds is 8. The Hall–Kier alpha value is -2.82. The molecule has 0 saturated heterocycles. The van der Waals surface area contributed by atoms with E-state index in [1.54, 1.807) is 42.5 Å². The summed E-state index contributed by atoms with van der Waals surface area (Å²) in [5.74, 6) is 0.0709. The van der Waals surface area contributed by atoms with E-state index in [9.17, 15) is 9.59 Å². The molecule has 5 heteroatoms. The number of carbonyl (C=O) groups excluding carboxylic acids is 2. The molecule has 1 unspecified atom stereocenters. The quantitative estimate of drug-likeness (QED) is 0.698. The van der Waals surface area contributed by atoms with E-state index in [2.05, 4.69) is 5.32 Å². The Morgan fingerprint density at radius 2 is 1.77 bits per heavy atom. The average Bonchev–Trinajstić information content (AvgIpc) is 2.66. The molecule has 0 aliphatic rings. The Morgan fingerprint density at radius 3 is 2.42 bits per heavy atom. The molecule has 26 heavy (non-hydrogen) atoms. The van der Waals surface area contributed by atoms with Crippen LogP contribution in [-0.4, -0.2) is 24.6 Å². The smallest absolute Gasteiger partial charge is 0.338 e. The van der Waals surface area contributed by atoms with Crippen molar-refractivity contribution in [2.24, 2.45) is 0 Å². The van der Waals surface area contributed by atoms with E-state index in [0.717, 1.165) is 12.8 Å². The molecular formula is C21H25NO4. The molecule has 0 saturated carbocycles. The zero-order valence-electron chi connectivity index (χ0n) is 15.5. The van der Waals surface area contributed by atoms with E-state index in [1.165, 1.54) is 0 Å². The Bertz CT molecular complexity index is 740. The minimum absolute atomic E-state index is 0.0910. The molecule has 0 aliphatic carbocycles. The van der Waals surface area contributed by atoms with E-state index in [-0.39, 0.29) is 18.0 Å². The predicted molar refractivity (Wildman–Crippen MR) is 102 cm³/mol. The Kier molecular flexibility index (Phi) is 7.21. The van der Waals surface area contributed by atoms with E-state index in [0.29, 0.717) is 29.2 Å². The number of benzene rings is 2. The summed E-state index contributed by atoms with van der Waals surface area (Å²) in [7, 11) is 0. The van der Waals surface area contributed by atoms with Gasteiger partial charge in [0.1, 0.15) is 5.75 Å². The van der Waals surface area contributed by atoms with Crippen LogP contribution in [0.3, 0.4) is 0 Å². The van der Waals surface area contributed by atoms with Gasteiger partial charge in [-0.15, -0.1) is 0 Å². The van der Waals surface area contributed by atoms with E-state index < -0.39 is 0 Å².